The van der Waals surface area contributed by atoms with Gasteiger partial charge in [-0.1, -0.05) is 57.8 Å². The van der Waals surface area contributed by atoms with Gasteiger partial charge < -0.3 is 5.32 Å². The standard InChI is InChI=1S/C14H27N3S/c1-5-6-7-8-9-12(4)15-14-17-16-13(18-14)10-11(2)3/h11-12H,5-10H2,1-4H3,(H,15,17). The molecule has 0 amide bonds. The first kappa shape index (κ1) is 15.4. The van der Waals surface area contributed by atoms with Crippen molar-refractivity contribution < 1.29 is 0 Å². The number of hydrogen-bond acceptors (Lipinski definition) is 4. The quantitative estimate of drug-likeness (QED) is 0.670. The Labute approximate surface area is 115 Å². The van der Waals surface area contributed by atoms with E-state index in [0.29, 0.717) is 12.0 Å². The van der Waals surface area contributed by atoms with Crippen LogP contribution in [0.2, 0.25) is 0 Å². The molecule has 1 aromatic heterocycles. The van der Waals surface area contributed by atoms with Gasteiger partial charge in [-0.15, -0.1) is 10.2 Å². The number of anilines is 1. The molecule has 3 nitrogen and oxygen atoms in total. The normalized spacial score (nSPS) is 12.9. The van der Waals surface area contributed by atoms with Crippen molar-refractivity contribution in [3.63, 3.8) is 0 Å². The Morgan fingerprint density at radius 3 is 2.56 bits per heavy atom. The molecule has 0 spiro atoms. The van der Waals surface area contributed by atoms with E-state index < -0.39 is 0 Å². The fourth-order valence-corrected chi connectivity index (χ4v) is 2.97. The van der Waals surface area contributed by atoms with Crippen LogP contribution in [0.4, 0.5) is 5.13 Å². The molecule has 1 atom stereocenters. The zero-order valence-corrected chi connectivity index (χ0v) is 13.0. The van der Waals surface area contributed by atoms with Crippen LogP contribution in [-0.4, -0.2) is 16.2 Å². The van der Waals surface area contributed by atoms with Gasteiger partial charge in [0.25, 0.3) is 0 Å². The van der Waals surface area contributed by atoms with Crippen LogP contribution in [0.15, 0.2) is 0 Å². The maximum absolute atomic E-state index is 4.23. The number of rotatable bonds is 9. The highest BCUT2D eigenvalue weighted by molar-refractivity contribution is 7.15. The Balaban J connectivity index is 2.26. The summed E-state index contributed by atoms with van der Waals surface area (Å²) in [4.78, 5) is 0. The number of unbranched alkanes of at least 4 members (excludes halogenated alkanes) is 3. The summed E-state index contributed by atoms with van der Waals surface area (Å²) in [6, 6.07) is 0.502. The second kappa shape index (κ2) is 8.46. The van der Waals surface area contributed by atoms with Crippen LogP contribution < -0.4 is 5.32 Å². The summed E-state index contributed by atoms with van der Waals surface area (Å²) >= 11 is 1.70. The lowest BCUT2D eigenvalue weighted by Gasteiger charge is -2.11. The van der Waals surface area contributed by atoms with Crippen LogP contribution in [0.25, 0.3) is 0 Å². The second-order valence-corrected chi connectivity index (χ2v) is 6.56. The van der Waals surface area contributed by atoms with Crippen molar-refractivity contribution in [2.45, 2.75) is 72.3 Å². The smallest absolute Gasteiger partial charge is 0.205 e. The minimum atomic E-state index is 0.502. The highest BCUT2D eigenvalue weighted by Crippen LogP contribution is 2.20. The molecule has 4 heteroatoms. The summed E-state index contributed by atoms with van der Waals surface area (Å²) in [5.41, 5.74) is 0. The van der Waals surface area contributed by atoms with Crippen molar-refractivity contribution in [3.05, 3.63) is 5.01 Å². The van der Waals surface area contributed by atoms with Gasteiger partial charge in [-0.2, -0.15) is 0 Å². The van der Waals surface area contributed by atoms with E-state index in [-0.39, 0.29) is 0 Å². The van der Waals surface area contributed by atoms with Crippen molar-refractivity contribution in [2.75, 3.05) is 5.32 Å². The second-order valence-electron chi connectivity index (χ2n) is 5.49. The van der Waals surface area contributed by atoms with Gasteiger partial charge in [-0.05, 0) is 19.3 Å². The molecule has 0 aliphatic heterocycles. The molecule has 0 saturated carbocycles. The molecular formula is C14H27N3S. The molecule has 1 rings (SSSR count). The lowest BCUT2D eigenvalue weighted by Crippen LogP contribution is -2.14. The molecule has 0 fully saturated rings. The molecule has 0 radical (unpaired) electrons. The number of nitrogens with zero attached hydrogens (tertiary/aromatic N) is 2. The fraction of sp³-hybridized carbons (Fsp3) is 0.857. The molecule has 18 heavy (non-hydrogen) atoms. The van der Waals surface area contributed by atoms with Crippen LogP contribution in [-0.2, 0) is 6.42 Å². The van der Waals surface area contributed by atoms with Crippen molar-refractivity contribution in [1.29, 1.82) is 0 Å². The van der Waals surface area contributed by atoms with Crippen LogP contribution in [0, 0.1) is 5.92 Å². The van der Waals surface area contributed by atoms with Gasteiger partial charge in [0.2, 0.25) is 5.13 Å². The highest BCUT2D eigenvalue weighted by Gasteiger charge is 2.08. The van der Waals surface area contributed by atoms with E-state index in [1.54, 1.807) is 11.3 Å². The van der Waals surface area contributed by atoms with Gasteiger partial charge in [0.15, 0.2) is 0 Å². The summed E-state index contributed by atoms with van der Waals surface area (Å²) in [6.07, 6.45) is 7.56. The minimum Gasteiger partial charge on any atom is -0.358 e. The van der Waals surface area contributed by atoms with Crippen molar-refractivity contribution in [1.82, 2.24) is 10.2 Å². The Morgan fingerprint density at radius 2 is 1.89 bits per heavy atom. The SMILES string of the molecule is CCCCCCC(C)Nc1nnc(CC(C)C)s1. The largest absolute Gasteiger partial charge is 0.358 e. The fourth-order valence-electron chi connectivity index (χ4n) is 1.90. The summed E-state index contributed by atoms with van der Waals surface area (Å²) in [6.45, 7) is 8.91. The predicted molar refractivity (Wildman–Crippen MR) is 80.3 cm³/mol. The lowest BCUT2D eigenvalue weighted by atomic mass is 10.1. The molecule has 0 bridgehead atoms. The Morgan fingerprint density at radius 1 is 1.11 bits per heavy atom. The topological polar surface area (TPSA) is 37.8 Å². The summed E-state index contributed by atoms with van der Waals surface area (Å²) in [7, 11) is 0. The maximum atomic E-state index is 4.23. The number of aromatic nitrogens is 2. The Hall–Kier alpha value is -0.640. The van der Waals surface area contributed by atoms with E-state index in [4.69, 9.17) is 0 Å². The van der Waals surface area contributed by atoms with Gasteiger partial charge in [-0.3, -0.25) is 0 Å². The van der Waals surface area contributed by atoms with E-state index in [2.05, 4.69) is 43.2 Å². The molecule has 1 aromatic rings. The number of hydrogen-bond donors (Lipinski definition) is 1. The molecule has 0 aliphatic carbocycles. The first-order valence-corrected chi connectivity index (χ1v) is 8.02. The van der Waals surface area contributed by atoms with Crippen LogP contribution in [0.5, 0.6) is 0 Å². The van der Waals surface area contributed by atoms with Gasteiger partial charge in [-0.25, -0.2) is 0 Å². The van der Waals surface area contributed by atoms with Crippen LogP contribution >= 0.6 is 11.3 Å². The third-order valence-corrected chi connectivity index (χ3v) is 3.79. The van der Waals surface area contributed by atoms with Crippen LogP contribution in [0.3, 0.4) is 0 Å². The molecule has 0 aliphatic rings. The van der Waals surface area contributed by atoms with Crippen molar-refractivity contribution >= 4 is 16.5 Å². The molecule has 1 N–H and O–H groups in total. The van der Waals surface area contributed by atoms with Gasteiger partial charge in [0.05, 0.1) is 0 Å². The molecule has 0 aromatic carbocycles. The third-order valence-electron chi connectivity index (χ3n) is 2.91. The first-order chi connectivity index (χ1) is 8.61. The summed E-state index contributed by atoms with van der Waals surface area (Å²) in [5, 5.41) is 14.0. The highest BCUT2D eigenvalue weighted by atomic mass is 32.1. The molecule has 1 unspecified atom stereocenters. The summed E-state index contributed by atoms with van der Waals surface area (Å²) in [5.74, 6) is 0.650. The predicted octanol–water partition coefficient (Wildman–Crippen LogP) is 4.51. The number of nitrogens with one attached hydrogen (secondary N) is 1. The molecular weight excluding hydrogens is 242 g/mol. The molecule has 1 heterocycles. The van der Waals surface area contributed by atoms with Gasteiger partial charge >= 0.3 is 0 Å². The maximum Gasteiger partial charge on any atom is 0.205 e. The zero-order chi connectivity index (χ0) is 13.4. The third kappa shape index (κ3) is 6.34. The van der Waals surface area contributed by atoms with E-state index in [1.165, 1.54) is 32.1 Å². The minimum absolute atomic E-state index is 0.502. The lowest BCUT2D eigenvalue weighted by molar-refractivity contribution is 0.593. The Bertz CT molecular complexity index is 323. The average molecular weight is 269 g/mol. The van der Waals surface area contributed by atoms with Gasteiger partial charge in [0.1, 0.15) is 5.01 Å². The van der Waals surface area contributed by atoms with Gasteiger partial charge in [0, 0.05) is 12.5 Å². The van der Waals surface area contributed by atoms with Crippen molar-refractivity contribution in [3.8, 4) is 0 Å². The van der Waals surface area contributed by atoms with Crippen LogP contribution in [0.1, 0.15) is 64.8 Å². The zero-order valence-electron chi connectivity index (χ0n) is 12.2. The van der Waals surface area contributed by atoms with Crippen molar-refractivity contribution in [2.24, 2.45) is 5.92 Å². The summed E-state index contributed by atoms with van der Waals surface area (Å²) < 4.78 is 0. The van der Waals surface area contributed by atoms with E-state index >= 15 is 0 Å². The van der Waals surface area contributed by atoms with E-state index in [0.717, 1.165) is 16.6 Å². The monoisotopic (exact) mass is 269 g/mol. The average Bonchev–Trinajstić information content (AvgIpc) is 2.71. The van der Waals surface area contributed by atoms with E-state index in [1.807, 2.05) is 0 Å². The molecule has 0 saturated heterocycles. The Kier molecular flexibility index (Phi) is 7.25. The molecule has 104 valence electrons. The first-order valence-electron chi connectivity index (χ1n) is 7.20. The van der Waals surface area contributed by atoms with E-state index in [9.17, 15) is 0 Å².